The normalized spacial score (nSPS) is 11.2. The first-order chi connectivity index (χ1) is 8.29. The first-order valence-electron chi connectivity index (χ1n) is 5.58. The van der Waals surface area contributed by atoms with Crippen molar-refractivity contribution in [3.8, 4) is 0 Å². The first kappa shape index (κ1) is 14.9. The van der Waals surface area contributed by atoms with Gasteiger partial charge in [0.25, 0.3) is 0 Å². The molecule has 0 atom stereocenters. The van der Waals surface area contributed by atoms with Crippen molar-refractivity contribution in [2.45, 2.75) is 6.42 Å². The van der Waals surface area contributed by atoms with Crippen LogP contribution in [0.25, 0.3) is 0 Å². The van der Waals surface area contributed by atoms with Gasteiger partial charge >= 0.3 is 0 Å². The summed E-state index contributed by atoms with van der Waals surface area (Å²) in [5.74, 6) is 0.201. The zero-order chi connectivity index (χ0) is 13.8. The van der Waals surface area contributed by atoms with Gasteiger partial charge in [-0.2, -0.15) is 0 Å². The fourth-order valence-electron chi connectivity index (χ4n) is 1.59. The van der Waals surface area contributed by atoms with Gasteiger partial charge in [-0.05, 0) is 18.6 Å². The molecule has 6 heteroatoms. The van der Waals surface area contributed by atoms with E-state index < -0.39 is 9.84 Å². The van der Waals surface area contributed by atoms with Crippen LogP contribution in [0, 0.1) is 0 Å². The van der Waals surface area contributed by atoms with Crippen molar-refractivity contribution in [2.75, 3.05) is 30.5 Å². The number of nitrogens with two attached hydrogens (primary N) is 1. The molecule has 0 aromatic heterocycles. The molecule has 1 rings (SSSR count). The van der Waals surface area contributed by atoms with E-state index in [0.29, 0.717) is 18.0 Å². The molecule has 0 fully saturated rings. The number of nitrogens with zero attached hydrogens (tertiary/aromatic N) is 1. The molecule has 1 aromatic carbocycles. The molecular formula is C12H18N2O2S2. The maximum atomic E-state index is 11.0. The van der Waals surface area contributed by atoms with Crippen LogP contribution in [0.1, 0.15) is 12.0 Å². The van der Waals surface area contributed by atoms with Crippen LogP contribution in [0.5, 0.6) is 0 Å². The van der Waals surface area contributed by atoms with Crippen LogP contribution in [0.2, 0.25) is 0 Å². The average Bonchev–Trinajstić information content (AvgIpc) is 2.27. The molecule has 0 heterocycles. The van der Waals surface area contributed by atoms with Crippen molar-refractivity contribution in [3.63, 3.8) is 0 Å². The molecule has 0 bridgehead atoms. The number of anilines is 1. The highest BCUT2D eigenvalue weighted by Gasteiger charge is 2.06. The third-order valence-electron chi connectivity index (χ3n) is 2.58. The Morgan fingerprint density at radius 1 is 1.44 bits per heavy atom. The van der Waals surface area contributed by atoms with Crippen molar-refractivity contribution in [3.05, 3.63) is 29.8 Å². The molecule has 0 amide bonds. The van der Waals surface area contributed by atoms with E-state index in [1.165, 1.54) is 6.26 Å². The Bertz CT molecular complexity index is 527. The van der Waals surface area contributed by atoms with Crippen LogP contribution in [0.4, 0.5) is 5.69 Å². The molecule has 2 N–H and O–H groups in total. The van der Waals surface area contributed by atoms with E-state index >= 15 is 0 Å². The Hall–Kier alpha value is -1.14. The summed E-state index contributed by atoms with van der Waals surface area (Å²) >= 11 is 4.92. The van der Waals surface area contributed by atoms with Gasteiger partial charge in [0.05, 0.1) is 5.75 Å². The van der Waals surface area contributed by atoms with Gasteiger partial charge in [-0.15, -0.1) is 0 Å². The van der Waals surface area contributed by atoms with Crippen LogP contribution in [-0.4, -0.2) is 39.0 Å². The lowest BCUT2D eigenvalue weighted by molar-refractivity contribution is 0.599. The fraction of sp³-hybridized carbons (Fsp3) is 0.417. The van der Waals surface area contributed by atoms with Crippen LogP contribution >= 0.6 is 12.2 Å². The lowest BCUT2D eigenvalue weighted by Gasteiger charge is -2.19. The molecule has 0 radical (unpaired) electrons. The highest BCUT2D eigenvalue weighted by molar-refractivity contribution is 7.90. The van der Waals surface area contributed by atoms with Gasteiger partial charge in [0.15, 0.2) is 0 Å². The Morgan fingerprint density at radius 3 is 2.67 bits per heavy atom. The number of thiocarbonyl (C=S) groups is 1. The third kappa shape index (κ3) is 5.01. The zero-order valence-electron chi connectivity index (χ0n) is 10.6. The average molecular weight is 286 g/mol. The quantitative estimate of drug-likeness (QED) is 0.796. The summed E-state index contributed by atoms with van der Waals surface area (Å²) in [5, 5.41) is 0. The second kappa shape index (κ2) is 6.15. The van der Waals surface area contributed by atoms with Gasteiger partial charge in [-0.25, -0.2) is 8.42 Å². The minimum absolute atomic E-state index is 0.201. The maximum absolute atomic E-state index is 11.0. The minimum atomic E-state index is -2.89. The van der Waals surface area contributed by atoms with Crippen molar-refractivity contribution in [1.29, 1.82) is 0 Å². The van der Waals surface area contributed by atoms with Gasteiger partial charge in [-0.3, -0.25) is 0 Å². The largest absolute Gasteiger partial charge is 0.389 e. The molecule has 0 saturated carbocycles. The lowest BCUT2D eigenvalue weighted by Crippen LogP contribution is -2.21. The van der Waals surface area contributed by atoms with E-state index in [1.54, 1.807) is 0 Å². The van der Waals surface area contributed by atoms with E-state index in [4.69, 9.17) is 18.0 Å². The maximum Gasteiger partial charge on any atom is 0.147 e. The zero-order valence-corrected chi connectivity index (χ0v) is 12.2. The number of rotatable bonds is 6. The molecule has 0 aliphatic rings. The van der Waals surface area contributed by atoms with E-state index in [-0.39, 0.29) is 5.75 Å². The third-order valence-corrected chi connectivity index (χ3v) is 3.85. The highest BCUT2D eigenvalue weighted by atomic mass is 32.2. The van der Waals surface area contributed by atoms with E-state index in [0.717, 1.165) is 11.3 Å². The second-order valence-corrected chi connectivity index (χ2v) is 7.02. The monoisotopic (exact) mass is 286 g/mol. The smallest absolute Gasteiger partial charge is 0.147 e. The Balaban J connectivity index is 2.64. The summed E-state index contributed by atoms with van der Waals surface area (Å²) in [4.78, 5) is 2.36. The Labute approximate surface area is 114 Å². The molecule has 0 unspecified atom stereocenters. The number of hydrogen-bond acceptors (Lipinski definition) is 4. The van der Waals surface area contributed by atoms with Crippen molar-refractivity contribution in [1.82, 2.24) is 0 Å². The van der Waals surface area contributed by atoms with Crippen molar-refractivity contribution < 1.29 is 8.42 Å². The van der Waals surface area contributed by atoms with Gasteiger partial charge in [-0.1, -0.05) is 24.4 Å². The summed E-state index contributed by atoms with van der Waals surface area (Å²) < 4.78 is 22.1. The first-order valence-corrected chi connectivity index (χ1v) is 8.05. The molecule has 100 valence electrons. The standard InChI is InChI=1S/C12H18N2O2S2/c1-14(7-4-8-18(2,15)16)11-6-3-5-10(9-11)12(13)17/h3,5-6,9H,4,7-8H2,1-2H3,(H2,13,17). The summed E-state index contributed by atoms with van der Waals surface area (Å²) in [5.41, 5.74) is 7.37. The van der Waals surface area contributed by atoms with Gasteiger partial charge in [0.1, 0.15) is 14.8 Å². The molecule has 0 spiro atoms. The highest BCUT2D eigenvalue weighted by Crippen LogP contribution is 2.15. The topological polar surface area (TPSA) is 63.4 Å². The fourth-order valence-corrected chi connectivity index (χ4v) is 2.37. The Morgan fingerprint density at radius 2 is 2.11 bits per heavy atom. The predicted molar refractivity (Wildman–Crippen MR) is 79.9 cm³/mol. The van der Waals surface area contributed by atoms with Crippen molar-refractivity contribution >= 4 is 32.7 Å². The van der Waals surface area contributed by atoms with Crippen LogP contribution in [0.3, 0.4) is 0 Å². The number of hydrogen-bond donors (Lipinski definition) is 1. The number of sulfone groups is 1. The van der Waals surface area contributed by atoms with Crippen LogP contribution < -0.4 is 10.6 Å². The second-order valence-electron chi connectivity index (χ2n) is 4.32. The van der Waals surface area contributed by atoms with Crippen LogP contribution in [-0.2, 0) is 9.84 Å². The summed E-state index contributed by atoms with van der Waals surface area (Å²) in [6, 6.07) is 7.60. The molecule has 4 nitrogen and oxygen atoms in total. The molecule has 18 heavy (non-hydrogen) atoms. The predicted octanol–water partition coefficient (Wildman–Crippen LogP) is 1.19. The van der Waals surface area contributed by atoms with Crippen molar-refractivity contribution in [2.24, 2.45) is 5.73 Å². The van der Waals surface area contributed by atoms with Gasteiger partial charge in [0, 0.05) is 31.1 Å². The van der Waals surface area contributed by atoms with Gasteiger partial charge in [0.2, 0.25) is 0 Å². The van der Waals surface area contributed by atoms with E-state index in [2.05, 4.69) is 0 Å². The summed E-state index contributed by atoms with van der Waals surface area (Å²) in [6.45, 7) is 0.674. The molecular weight excluding hydrogens is 268 g/mol. The summed E-state index contributed by atoms with van der Waals surface area (Å²) in [7, 11) is -0.973. The van der Waals surface area contributed by atoms with Crippen LogP contribution in [0.15, 0.2) is 24.3 Å². The van der Waals surface area contributed by atoms with Gasteiger partial charge < -0.3 is 10.6 Å². The minimum Gasteiger partial charge on any atom is -0.389 e. The van der Waals surface area contributed by atoms with E-state index in [9.17, 15) is 8.42 Å². The number of benzene rings is 1. The molecule has 0 aliphatic heterocycles. The summed E-state index contributed by atoms with van der Waals surface area (Å²) in [6.07, 6.45) is 1.85. The Kier molecular flexibility index (Phi) is 5.10. The molecule has 0 saturated heterocycles. The van der Waals surface area contributed by atoms with E-state index in [1.807, 2.05) is 36.2 Å². The molecule has 0 aliphatic carbocycles. The molecule has 1 aromatic rings. The SMILES string of the molecule is CN(CCCS(C)(=O)=O)c1cccc(C(N)=S)c1. The lowest BCUT2D eigenvalue weighted by atomic mass is 10.2.